The summed E-state index contributed by atoms with van der Waals surface area (Å²) < 4.78 is 11.1. The molecule has 3 rings (SSSR count). The van der Waals surface area contributed by atoms with Crippen LogP contribution in [0.1, 0.15) is 62.3 Å². The van der Waals surface area contributed by atoms with Gasteiger partial charge in [-0.1, -0.05) is 30.6 Å². The van der Waals surface area contributed by atoms with Gasteiger partial charge in [0, 0.05) is 25.7 Å². The first-order valence-electron chi connectivity index (χ1n) is 9.39. The molecule has 25 heavy (non-hydrogen) atoms. The summed E-state index contributed by atoms with van der Waals surface area (Å²) in [6.07, 6.45) is 9.48. The minimum absolute atomic E-state index is 0.231. The summed E-state index contributed by atoms with van der Waals surface area (Å²) in [7, 11) is 0. The molecule has 2 N–H and O–H groups in total. The molecule has 1 aromatic heterocycles. The van der Waals surface area contributed by atoms with Gasteiger partial charge in [0.1, 0.15) is 5.01 Å². The van der Waals surface area contributed by atoms with Crippen molar-refractivity contribution in [2.45, 2.75) is 63.4 Å². The second-order valence-electron chi connectivity index (χ2n) is 6.72. The molecule has 1 saturated carbocycles. The van der Waals surface area contributed by atoms with Gasteiger partial charge in [-0.25, -0.2) is 4.79 Å². The van der Waals surface area contributed by atoms with Gasteiger partial charge in [-0.2, -0.15) is 0 Å². The summed E-state index contributed by atoms with van der Waals surface area (Å²) in [5.74, 6) is 0.519. The molecular weight excluding hydrogens is 340 g/mol. The monoisotopic (exact) mass is 368 g/mol. The number of nitrogens with one attached hydrogen (secondary N) is 2. The van der Waals surface area contributed by atoms with Crippen molar-refractivity contribution in [3.05, 3.63) is 5.01 Å². The highest BCUT2D eigenvalue weighted by Crippen LogP contribution is 2.35. The number of ether oxygens (including phenoxy) is 2. The van der Waals surface area contributed by atoms with Crippen LogP contribution < -0.4 is 10.6 Å². The molecule has 8 heteroatoms. The second-order valence-corrected chi connectivity index (χ2v) is 7.73. The lowest BCUT2D eigenvalue weighted by molar-refractivity contribution is 0.0168. The lowest BCUT2D eigenvalue weighted by Crippen LogP contribution is -2.30. The number of carbonyl (C=O) groups excluding carboxylic acids is 1. The van der Waals surface area contributed by atoms with Crippen LogP contribution >= 0.6 is 11.3 Å². The van der Waals surface area contributed by atoms with Crippen molar-refractivity contribution in [1.29, 1.82) is 0 Å². The lowest BCUT2D eigenvalue weighted by Gasteiger charge is -2.18. The fourth-order valence-electron chi connectivity index (χ4n) is 3.31. The van der Waals surface area contributed by atoms with Crippen molar-refractivity contribution in [1.82, 2.24) is 15.5 Å². The molecule has 0 radical (unpaired) electrons. The molecule has 2 aliphatic rings. The van der Waals surface area contributed by atoms with E-state index in [1.807, 2.05) is 0 Å². The Labute approximate surface area is 152 Å². The molecule has 1 aromatic rings. The van der Waals surface area contributed by atoms with Crippen LogP contribution in [0, 0.1) is 0 Å². The Kier molecular flexibility index (Phi) is 7.44. The largest absolute Gasteiger partial charge is 0.379 e. The Morgan fingerprint density at radius 2 is 2.08 bits per heavy atom. The van der Waals surface area contributed by atoms with Gasteiger partial charge in [0.15, 0.2) is 0 Å². The molecule has 140 valence electrons. The molecule has 7 nitrogen and oxygen atoms in total. The Bertz CT molecular complexity index is 528. The van der Waals surface area contributed by atoms with Crippen molar-refractivity contribution < 1.29 is 14.3 Å². The fraction of sp³-hybridized carbons (Fsp3) is 0.824. The maximum Gasteiger partial charge on any atom is 0.321 e. The number of rotatable bonds is 8. The van der Waals surface area contributed by atoms with Crippen LogP contribution in [-0.2, 0) is 9.47 Å². The molecule has 1 atom stereocenters. The highest BCUT2D eigenvalue weighted by atomic mass is 32.1. The van der Waals surface area contributed by atoms with E-state index in [0.29, 0.717) is 30.8 Å². The maximum atomic E-state index is 11.9. The number of anilines is 1. The van der Waals surface area contributed by atoms with Gasteiger partial charge < -0.3 is 14.8 Å². The number of urea groups is 1. The Morgan fingerprint density at radius 3 is 2.88 bits per heavy atom. The number of nitrogens with zero attached hydrogens (tertiary/aromatic N) is 2. The van der Waals surface area contributed by atoms with Crippen molar-refractivity contribution in [2.75, 3.05) is 31.7 Å². The molecule has 1 saturated heterocycles. The third kappa shape index (κ3) is 6.20. The minimum Gasteiger partial charge on any atom is -0.379 e. The molecule has 2 amide bonds. The van der Waals surface area contributed by atoms with E-state index in [9.17, 15) is 4.79 Å². The standard InChI is InChI=1S/C17H28N4O3S/c22-16(18-9-5-10-23-12-14-8-4-11-24-14)19-17-21-20-15(25-17)13-6-2-1-3-7-13/h13-14H,1-12H2,(H2,18,19,21,22)/t14-/m1/s1. The minimum atomic E-state index is -0.231. The van der Waals surface area contributed by atoms with E-state index < -0.39 is 0 Å². The highest BCUT2D eigenvalue weighted by Gasteiger charge is 2.20. The van der Waals surface area contributed by atoms with Crippen LogP contribution in [0.25, 0.3) is 0 Å². The van der Waals surface area contributed by atoms with Gasteiger partial charge in [0.05, 0.1) is 12.7 Å². The number of carbonyl (C=O) groups is 1. The van der Waals surface area contributed by atoms with E-state index in [0.717, 1.165) is 30.9 Å². The van der Waals surface area contributed by atoms with E-state index in [4.69, 9.17) is 9.47 Å². The summed E-state index contributed by atoms with van der Waals surface area (Å²) in [5, 5.41) is 15.6. The van der Waals surface area contributed by atoms with E-state index in [2.05, 4.69) is 20.8 Å². The topological polar surface area (TPSA) is 85.4 Å². The summed E-state index contributed by atoms with van der Waals surface area (Å²) in [5.41, 5.74) is 0. The van der Waals surface area contributed by atoms with Crippen LogP contribution in [-0.4, -0.2) is 48.7 Å². The predicted molar refractivity (Wildman–Crippen MR) is 97.2 cm³/mol. The number of hydrogen-bond donors (Lipinski definition) is 2. The molecule has 0 bridgehead atoms. The molecule has 0 unspecified atom stereocenters. The van der Waals surface area contributed by atoms with E-state index in [1.165, 1.54) is 43.4 Å². The molecule has 1 aliphatic carbocycles. The Morgan fingerprint density at radius 1 is 1.20 bits per heavy atom. The Hall–Kier alpha value is -1.25. The smallest absolute Gasteiger partial charge is 0.321 e. The maximum absolute atomic E-state index is 11.9. The van der Waals surface area contributed by atoms with E-state index >= 15 is 0 Å². The first kappa shape index (κ1) is 18.5. The average Bonchev–Trinajstić information content (AvgIpc) is 3.31. The zero-order valence-corrected chi connectivity index (χ0v) is 15.5. The highest BCUT2D eigenvalue weighted by molar-refractivity contribution is 7.15. The zero-order valence-electron chi connectivity index (χ0n) is 14.7. The van der Waals surface area contributed by atoms with Crippen LogP contribution in [0.5, 0.6) is 0 Å². The average molecular weight is 369 g/mol. The van der Waals surface area contributed by atoms with Gasteiger partial charge in [-0.15, -0.1) is 10.2 Å². The third-order valence-electron chi connectivity index (χ3n) is 4.69. The summed E-state index contributed by atoms with van der Waals surface area (Å²) in [4.78, 5) is 11.9. The van der Waals surface area contributed by atoms with Crippen molar-refractivity contribution in [3.8, 4) is 0 Å². The van der Waals surface area contributed by atoms with Gasteiger partial charge in [-0.3, -0.25) is 5.32 Å². The molecule has 0 spiro atoms. The number of aromatic nitrogens is 2. The number of amides is 2. The van der Waals surface area contributed by atoms with E-state index in [-0.39, 0.29) is 12.1 Å². The van der Waals surface area contributed by atoms with Crippen LogP contribution in [0.2, 0.25) is 0 Å². The zero-order chi connectivity index (χ0) is 17.3. The SMILES string of the molecule is O=C(NCCCOC[C@H]1CCCO1)Nc1nnc(C2CCCCC2)s1. The summed E-state index contributed by atoms with van der Waals surface area (Å²) in [6, 6.07) is -0.231. The third-order valence-corrected chi connectivity index (χ3v) is 5.70. The molecule has 1 aliphatic heterocycles. The van der Waals surface area contributed by atoms with Crippen molar-refractivity contribution >= 4 is 22.5 Å². The predicted octanol–water partition coefficient (Wildman–Crippen LogP) is 3.29. The molecular formula is C17H28N4O3S. The van der Waals surface area contributed by atoms with Crippen LogP contribution in [0.15, 0.2) is 0 Å². The molecule has 2 heterocycles. The van der Waals surface area contributed by atoms with Crippen LogP contribution in [0.3, 0.4) is 0 Å². The van der Waals surface area contributed by atoms with E-state index in [1.54, 1.807) is 0 Å². The Balaban J connectivity index is 1.26. The van der Waals surface area contributed by atoms with Gasteiger partial charge in [-0.05, 0) is 32.1 Å². The fourth-order valence-corrected chi connectivity index (χ4v) is 4.22. The summed E-state index contributed by atoms with van der Waals surface area (Å²) in [6.45, 7) is 2.71. The van der Waals surface area contributed by atoms with Crippen LogP contribution in [0.4, 0.5) is 9.93 Å². The van der Waals surface area contributed by atoms with Crippen molar-refractivity contribution in [3.63, 3.8) is 0 Å². The van der Waals surface area contributed by atoms with Crippen molar-refractivity contribution in [2.24, 2.45) is 0 Å². The van der Waals surface area contributed by atoms with Gasteiger partial charge in [0.2, 0.25) is 5.13 Å². The molecule has 2 fully saturated rings. The quantitative estimate of drug-likeness (QED) is 0.688. The first-order valence-corrected chi connectivity index (χ1v) is 10.2. The normalized spacial score (nSPS) is 21.4. The second kappa shape index (κ2) is 10.0. The van der Waals surface area contributed by atoms with Gasteiger partial charge in [0.25, 0.3) is 0 Å². The lowest BCUT2D eigenvalue weighted by atomic mass is 9.90. The first-order chi connectivity index (χ1) is 12.3. The van der Waals surface area contributed by atoms with Gasteiger partial charge >= 0.3 is 6.03 Å². The molecule has 0 aromatic carbocycles. The summed E-state index contributed by atoms with van der Waals surface area (Å²) >= 11 is 1.50. The number of hydrogen-bond acceptors (Lipinski definition) is 6.